The maximum atomic E-state index is 12.2. The Bertz CT molecular complexity index is 1520. The molecule has 0 fully saturated rings. The van der Waals surface area contributed by atoms with Crippen molar-refractivity contribution in [2.45, 2.75) is 10.3 Å². The SMILES string of the molecule is Cn1cnnc1SCC(=O)Nc1ccc(Oc2ccc(Oc3ccc(NC(=O)CSc4nncn4C)cc3)cc2)cc1. The lowest BCUT2D eigenvalue weighted by Gasteiger charge is -2.10. The van der Waals surface area contributed by atoms with Crippen LogP contribution in [0.25, 0.3) is 0 Å². The number of hydrogen-bond acceptors (Lipinski definition) is 10. The summed E-state index contributed by atoms with van der Waals surface area (Å²) < 4.78 is 15.3. The van der Waals surface area contributed by atoms with Gasteiger partial charge in [0.1, 0.15) is 35.7 Å². The highest BCUT2D eigenvalue weighted by Crippen LogP contribution is 2.28. The van der Waals surface area contributed by atoms with Gasteiger partial charge in [-0.05, 0) is 72.8 Å². The largest absolute Gasteiger partial charge is 0.457 e. The van der Waals surface area contributed by atoms with Gasteiger partial charge in [0, 0.05) is 25.5 Å². The highest BCUT2D eigenvalue weighted by molar-refractivity contribution is 8.00. The summed E-state index contributed by atoms with van der Waals surface area (Å²) in [6.45, 7) is 0. The Hall–Kier alpha value is -4.82. The quantitative estimate of drug-likeness (QED) is 0.188. The predicted octanol–water partition coefficient (Wildman–Crippen LogP) is 4.99. The third kappa shape index (κ3) is 8.11. The van der Waals surface area contributed by atoms with Gasteiger partial charge in [0.15, 0.2) is 10.3 Å². The third-order valence-electron chi connectivity index (χ3n) is 5.58. The van der Waals surface area contributed by atoms with Crippen molar-refractivity contribution in [1.29, 1.82) is 0 Å². The van der Waals surface area contributed by atoms with Crippen molar-refractivity contribution in [3.63, 3.8) is 0 Å². The molecule has 2 amide bonds. The van der Waals surface area contributed by atoms with E-state index in [9.17, 15) is 9.59 Å². The number of ether oxygens (including phenoxy) is 2. The summed E-state index contributed by atoms with van der Waals surface area (Å²) in [4.78, 5) is 24.5. The Balaban J connectivity index is 1.06. The molecule has 0 bridgehead atoms. The summed E-state index contributed by atoms with van der Waals surface area (Å²) in [6, 6.07) is 21.5. The molecular weight excluding hydrogens is 576 g/mol. The fraction of sp³-hybridized carbons (Fsp3) is 0.143. The van der Waals surface area contributed by atoms with Crippen LogP contribution in [0.15, 0.2) is 95.8 Å². The van der Waals surface area contributed by atoms with Crippen LogP contribution >= 0.6 is 23.5 Å². The number of hydrogen-bond donors (Lipinski definition) is 2. The number of aryl methyl sites for hydroxylation is 2. The molecule has 2 N–H and O–H groups in total. The van der Waals surface area contributed by atoms with Gasteiger partial charge in [0.05, 0.1) is 11.5 Å². The number of carbonyl (C=O) groups is 2. The van der Waals surface area contributed by atoms with Gasteiger partial charge in [-0.1, -0.05) is 23.5 Å². The fourth-order valence-corrected chi connectivity index (χ4v) is 4.90. The maximum Gasteiger partial charge on any atom is 0.234 e. The number of thioether (sulfide) groups is 2. The highest BCUT2D eigenvalue weighted by Gasteiger charge is 2.09. The average molecular weight is 603 g/mol. The molecule has 2 heterocycles. The van der Waals surface area contributed by atoms with Gasteiger partial charge < -0.3 is 29.2 Å². The second-order valence-electron chi connectivity index (χ2n) is 8.85. The minimum atomic E-state index is -0.139. The summed E-state index contributed by atoms with van der Waals surface area (Å²) in [6.07, 6.45) is 3.18. The summed E-state index contributed by atoms with van der Waals surface area (Å²) in [5.74, 6) is 2.70. The monoisotopic (exact) mass is 602 g/mol. The zero-order valence-electron chi connectivity index (χ0n) is 22.6. The normalized spacial score (nSPS) is 10.7. The van der Waals surface area contributed by atoms with Gasteiger partial charge in [-0.2, -0.15) is 0 Å². The number of amides is 2. The Labute approximate surface area is 249 Å². The first kappa shape index (κ1) is 28.7. The molecule has 3 aromatic carbocycles. The standard InChI is InChI=1S/C28H26N8O4S2/c1-35-17-29-33-27(35)41-15-25(37)31-19-3-7-21(8-4-19)39-23-11-13-24(14-12-23)40-22-9-5-20(6-10-22)32-26(38)16-42-28-34-30-18-36(28)2/h3-14,17-18H,15-16H2,1-2H3,(H,31,37)(H,32,38). The molecule has 0 aliphatic rings. The van der Waals surface area contributed by atoms with Crippen LogP contribution in [-0.2, 0) is 23.7 Å². The average Bonchev–Trinajstić information content (AvgIpc) is 3.60. The maximum absolute atomic E-state index is 12.2. The first-order valence-electron chi connectivity index (χ1n) is 12.6. The van der Waals surface area contributed by atoms with Crippen LogP contribution < -0.4 is 20.1 Å². The second-order valence-corrected chi connectivity index (χ2v) is 10.7. The fourth-order valence-electron chi connectivity index (χ4n) is 3.52. The summed E-state index contributed by atoms with van der Waals surface area (Å²) >= 11 is 2.63. The molecule has 0 aliphatic carbocycles. The zero-order chi connectivity index (χ0) is 29.3. The van der Waals surface area contributed by atoms with Crippen molar-refractivity contribution in [3.8, 4) is 23.0 Å². The molecule has 12 nitrogen and oxygen atoms in total. The van der Waals surface area contributed by atoms with Crippen LogP contribution in [0.4, 0.5) is 11.4 Å². The van der Waals surface area contributed by atoms with E-state index < -0.39 is 0 Å². The van der Waals surface area contributed by atoms with E-state index in [-0.39, 0.29) is 23.3 Å². The van der Waals surface area contributed by atoms with Crippen molar-refractivity contribution < 1.29 is 19.1 Å². The second kappa shape index (κ2) is 13.7. The molecule has 0 aliphatic heterocycles. The summed E-state index contributed by atoms with van der Waals surface area (Å²) in [5.41, 5.74) is 1.34. The molecular formula is C28H26N8O4S2. The third-order valence-corrected chi connectivity index (χ3v) is 7.64. The minimum absolute atomic E-state index is 0.139. The number of anilines is 2. The Morgan fingerprint density at radius 1 is 0.619 bits per heavy atom. The molecule has 42 heavy (non-hydrogen) atoms. The van der Waals surface area contributed by atoms with Gasteiger partial charge in [0.25, 0.3) is 0 Å². The zero-order valence-corrected chi connectivity index (χ0v) is 24.3. The van der Waals surface area contributed by atoms with E-state index in [4.69, 9.17) is 9.47 Å². The van der Waals surface area contributed by atoms with Gasteiger partial charge in [-0.25, -0.2) is 0 Å². The lowest BCUT2D eigenvalue weighted by atomic mass is 10.3. The molecule has 0 atom stereocenters. The van der Waals surface area contributed by atoms with Crippen molar-refractivity contribution in [1.82, 2.24) is 29.5 Å². The Kier molecular flexibility index (Phi) is 9.36. The lowest BCUT2D eigenvalue weighted by molar-refractivity contribution is -0.114. The molecule has 0 radical (unpaired) electrons. The van der Waals surface area contributed by atoms with Gasteiger partial charge in [-0.3, -0.25) is 9.59 Å². The first-order chi connectivity index (χ1) is 20.4. The van der Waals surface area contributed by atoms with E-state index in [0.29, 0.717) is 44.7 Å². The molecule has 0 saturated heterocycles. The van der Waals surface area contributed by atoms with E-state index in [0.717, 1.165) is 0 Å². The van der Waals surface area contributed by atoms with Crippen LogP contribution in [0.3, 0.4) is 0 Å². The van der Waals surface area contributed by atoms with Crippen LogP contribution in [-0.4, -0.2) is 52.8 Å². The highest BCUT2D eigenvalue weighted by atomic mass is 32.2. The number of carbonyl (C=O) groups excluding carboxylic acids is 2. The Morgan fingerprint density at radius 2 is 0.952 bits per heavy atom. The molecule has 14 heteroatoms. The number of rotatable bonds is 12. The molecule has 2 aromatic heterocycles. The van der Waals surface area contributed by atoms with Crippen molar-refractivity contribution in [2.75, 3.05) is 22.1 Å². The molecule has 5 aromatic rings. The topological polar surface area (TPSA) is 138 Å². The van der Waals surface area contributed by atoms with E-state index in [1.807, 2.05) is 14.1 Å². The van der Waals surface area contributed by atoms with E-state index >= 15 is 0 Å². The number of nitrogens with one attached hydrogen (secondary N) is 2. The van der Waals surface area contributed by atoms with Gasteiger partial charge in [0.2, 0.25) is 11.8 Å². The minimum Gasteiger partial charge on any atom is -0.457 e. The van der Waals surface area contributed by atoms with Crippen molar-refractivity contribution in [3.05, 3.63) is 85.5 Å². The van der Waals surface area contributed by atoms with Gasteiger partial charge >= 0.3 is 0 Å². The summed E-state index contributed by atoms with van der Waals surface area (Å²) in [5, 5.41) is 22.6. The van der Waals surface area contributed by atoms with Gasteiger partial charge in [-0.15, -0.1) is 20.4 Å². The number of nitrogens with zero attached hydrogens (tertiary/aromatic N) is 6. The van der Waals surface area contributed by atoms with Crippen LogP contribution in [0.1, 0.15) is 0 Å². The predicted molar refractivity (Wildman–Crippen MR) is 160 cm³/mol. The molecule has 0 unspecified atom stereocenters. The molecule has 214 valence electrons. The first-order valence-corrected chi connectivity index (χ1v) is 14.6. The number of aromatic nitrogens is 6. The lowest BCUT2D eigenvalue weighted by Crippen LogP contribution is -2.14. The summed E-state index contributed by atoms with van der Waals surface area (Å²) in [7, 11) is 3.65. The van der Waals surface area contributed by atoms with E-state index in [1.54, 1.807) is 94.6 Å². The smallest absolute Gasteiger partial charge is 0.234 e. The van der Waals surface area contributed by atoms with Crippen LogP contribution in [0, 0.1) is 0 Å². The Morgan fingerprint density at radius 3 is 1.26 bits per heavy atom. The van der Waals surface area contributed by atoms with Crippen LogP contribution in [0.2, 0.25) is 0 Å². The molecule has 0 saturated carbocycles. The number of benzene rings is 3. The molecule has 0 spiro atoms. The molecule has 5 rings (SSSR count). The van der Waals surface area contributed by atoms with Crippen molar-refractivity contribution in [2.24, 2.45) is 14.1 Å². The van der Waals surface area contributed by atoms with E-state index in [1.165, 1.54) is 23.5 Å². The van der Waals surface area contributed by atoms with Crippen LogP contribution in [0.5, 0.6) is 23.0 Å². The van der Waals surface area contributed by atoms with E-state index in [2.05, 4.69) is 31.0 Å². The van der Waals surface area contributed by atoms with Crippen molar-refractivity contribution >= 4 is 46.7 Å².